The Kier molecular flexibility index (Phi) is 6.33. The van der Waals surface area contributed by atoms with Crippen LogP contribution in [0.25, 0.3) is 0 Å². The summed E-state index contributed by atoms with van der Waals surface area (Å²) in [5.74, 6) is 0.176. The maximum Gasteiger partial charge on any atom is 0.150 e. The highest BCUT2D eigenvalue weighted by Gasteiger charge is 2.16. The fourth-order valence-electron chi connectivity index (χ4n) is 2.45. The van der Waals surface area contributed by atoms with Crippen LogP contribution in [0.2, 0.25) is 0 Å². The molecule has 0 aromatic heterocycles. The highest BCUT2D eigenvalue weighted by atomic mass is 32.2. The van der Waals surface area contributed by atoms with Gasteiger partial charge in [-0.15, -0.1) is 0 Å². The normalized spacial score (nSPS) is 14.3. The van der Waals surface area contributed by atoms with E-state index in [-0.39, 0.29) is 23.6 Å². The Balaban J connectivity index is 1.83. The fraction of sp³-hybridized carbons (Fsp3) is 0.333. The molecule has 2 rings (SSSR count). The van der Waals surface area contributed by atoms with Gasteiger partial charge in [0.05, 0.1) is 11.5 Å². The van der Waals surface area contributed by atoms with E-state index in [0.29, 0.717) is 12.8 Å². The molecule has 0 radical (unpaired) electrons. The molecule has 0 aliphatic rings. The smallest absolute Gasteiger partial charge is 0.150 e. The van der Waals surface area contributed by atoms with E-state index in [1.807, 2.05) is 60.7 Å². The summed E-state index contributed by atoms with van der Waals surface area (Å²) in [6, 6.07) is 18.6. The Bertz CT molecular complexity index is 632. The van der Waals surface area contributed by atoms with Gasteiger partial charge in [-0.1, -0.05) is 60.7 Å². The second-order valence-electron chi connectivity index (χ2n) is 5.76. The lowest BCUT2D eigenvalue weighted by Gasteiger charge is -2.14. The molecule has 5 heteroatoms. The highest BCUT2D eigenvalue weighted by molar-refractivity contribution is 7.91. The van der Waals surface area contributed by atoms with Gasteiger partial charge in [0.2, 0.25) is 0 Å². The van der Waals surface area contributed by atoms with Crippen molar-refractivity contribution >= 4 is 9.84 Å². The summed E-state index contributed by atoms with van der Waals surface area (Å²) in [4.78, 5) is 0. The lowest BCUT2D eigenvalue weighted by molar-refractivity contribution is 0.577. The van der Waals surface area contributed by atoms with Gasteiger partial charge in [-0.05, 0) is 24.0 Å². The minimum atomic E-state index is -3.15. The van der Waals surface area contributed by atoms with Crippen LogP contribution in [-0.4, -0.2) is 19.9 Å². The lowest BCUT2D eigenvalue weighted by Crippen LogP contribution is -2.21. The summed E-state index contributed by atoms with van der Waals surface area (Å²) in [7, 11) is -3.15. The summed E-state index contributed by atoms with van der Waals surface area (Å²) in [5.41, 5.74) is 14.0. The molecule has 0 aliphatic heterocycles. The SMILES string of the molecule is NC(CCS(=O)(=O)CCC(N)c1ccccc1)c1ccccc1. The van der Waals surface area contributed by atoms with E-state index in [1.165, 1.54) is 0 Å². The van der Waals surface area contributed by atoms with Crippen LogP contribution in [0.1, 0.15) is 36.1 Å². The summed E-state index contributed by atoms with van der Waals surface area (Å²) in [6.45, 7) is 0. The number of nitrogens with two attached hydrogens (primary N) is 2. The zero-order valence-corrected chi connectivity index (χ0v) is 14.0. The van der Waals surface area contributed by atoms with Crippen molar-refractivity contribution in [2.45, 2.75) is 24.9 Å². The average Bonchev–Trinajstić information content (AvgIpc) is 2.59. The summed E-state index contributed by atoms with van der Waals surface area (Å²) in [5, 5.41) is 0. The van der Waals surface area contributed by atoms with Gasteiger partial charge < -0.3 is 11.5 Å². The second kappa shape index (κ2) is 8.24. The molecular formula is C18H24N2O2S. The molecule has 124 valence electrons. The van der Waals surface area contributed by atoms with E-state index in [1.54, 1.807) is 0 Å². The van der Waals surface area contributed by atoms with Crippen LogP contribution in [0.5, 0.6) is 0 Å². The van der Waals surface area contributed by atoms with Gasteiger partial charge in [0, 0.05) is 12.1 Å². The molecular weight excluding hydrogens is 308 g/mol. The molecule has 0 amide bonds. The van der Waals surface area contributed by atoms with Crippen LogP contribution in [0, 0.1) is 0 Å². The number of rotatable bonds is 8. The van der Waals surface area contributed by atoms with E-state index < -0.39 is 9.84 Å². The molecule has 2 aromatic rings. The van der Waals surface area contributed by atoms with Gasteiger partial charge in [0.25, 0.3) is 0 Å². The zero-order chi connectivity index (χ0) is 16.7. The molecule has 0 heterocycles. The number of hydrogen-bond acceptors (Lipinski definition) is 4. The maximum atomic E-state index is 12.2. The molecule has 0 spiro atoms. The standard InChI is InChI=1S/C18H24N2O2S/c19-17(15-7-3-1-4-8-15)11-13-23(21,22)14-12-18(20)16-9-5-2-6-10-16/h1-10,17-18H,11-14,19-20H2. The monoisotopic (exact) mass is 332 g/mol. The first-order chi connectivity index (χ1) is 11.0. The molecule has 2 aromatic carbocycles. The van der Waals surface area contributed by atoms with E-state index in [4.69, 9.17) is 11.5 Å². The van der Waals surface area contributed by atoms with Crippen molar-refractivity contribution in [1.82, 2.24) is 0 Å². The van der Waals surface area contributed by atoms with E-state index >= 15 is 0 Å². The van der Waals surface area contributed by atoms with Gasteiger partial charge in [-0.3, -0.25) is 0 Å². The maximum absolute atomic E-state index is 12.2. The van der Waals surface area contributed by atoms with Crippen LogP contribution >= 0.6 is 0 Å². The van der Waals surface area contributed by atoms with Crippen molar-refractivity contribution in [3.8, 4) is 0 Å². The first kappa shape index (κ1) is 17.7. The quantitative estimate of drug-likeness (QED) is 0.778. The third-order valence-electron chi connectivity index (χ3n) is 3.94. The number of hydrogen-bond donors (Lipinski definition) is 2. The molecule has 0 bridgehead atoms. The third-order valence-corrected chi connectivity index (χ3v) is 5.65. The molecule has 23 heavy (non-hydrogen) atoms. The van der Waals surface area contributed by atoms with Gasteiger partial charge in [-0.25, -0.2) is 8.42 Å². The minimum absolute atomic E-state index is 0.0879. The molecule has 2 unspecified atom stereocenters. The van der Waals surface area contributed by atoms with E-state index in [2.05, 4.69) is 0 Å². The number of sulfone groups is 1. The largest absolute Gasteiger partial charge is 0.324 e. The van der Waals surface area contributed by atoms with Crippen molar-refractivity contribution in [1.29, 1.82) is 0 Å². The molecule has 2 atom stereocenters. The Morgan fingerprint density at radius 1 is 0.696 bits per heavy atom. The second-order valence-corrected chi connectivity index (χ2v) is 8.07. The lowest BCUT2D eigenvalue weighted by atomic mass is 10.1. The van der Waals surface area contributed by atoms with Gasteiger partial charge in [-0.2, -0.15) is 0 Å². The van der Waals surface area contributed by atoms with Crippen molar-refractivity contribution in [2.24, 2.45) is 11.5 Å². The Morgan fingerprint density at radius 3 is 1.39 bits per heavy atom. The Labute approximate surface area is 138 Å². The van der Waals surface area contributed by atoms with Crippen LogP contribution in [0.4, 0.5) is 0 Å². The predicted molar refractivity (Wildman–Crippen MR) is 94.6 cm³/mol. The Morgan fingerprint density at radius 2 is 1.04 bits per heavy atom. The van der Waals surface area contributed by atoms with Gasteiger partial charge >= 0.3 is 0 Å². The summed E-state index contributed by atoms with van der Waals surface area (Å²) >= 11 is 0. The van der Waals surface area contributed by atoms with Crippen LogP contribution in [0.15, 0.2) is 60.7 Å². The van der Waals surface area contributed by atoms with Crippen LogP contribution in [0.3, 0.4) is 0 Å². The first-order valence-corrected chi connectivity index (χ1v) is 9.61. The van der Waals surface area contributed by atoms with Crippen LogP contribution < -0.4 is 11.5 Å². The molecule has 0 saturated heterocycles. The molecule has 4 N–H and O–H groups in total. The minimum Gasteiger partial charge on any atom is -0.324 e. The molecule has 0 saturated carbocycles. The molecule has 0 fully saturated rings. The van der Waals surface area contributed by atoms with Crippen molar-refractivity contribution < 1.29 is 8.42 Å². The first-order valence-electron chi connectivity index (χ1n) is 7.79. The zero-order valence-electron chi connectivity index (χ0n) is 13.1. The number of benzene rings is 2. The van der Waals surface area contributed by atoms with Gasteiger partial charge in [0.1, 0.15) is 9.84 Å². The average molecular weight is 332 g/mol. The van der Waals surface area contributed by atoms with E-state index in [0.717, 1.165) is 11.1 Å². The van der Waals surface area contributed by atoms with Crippen molar-refractivity contribution in [2.75, 3.05) is 11.5 Å². The molecule has 4 nitrogen and oxygen atoms in total. The van der Waals surface area contributed by atoms with Crippen molar-refractivity contribution in [3.63, 3.8) is 0 Å². The third kappa shape index (κ3) is 5.78. The summed E-state index contributed by atoms with van der Waals surface area (Å²) < 4.78 is 24.4. The fourth-order valence-corrected chi connectivity index (χ4v) is 3.88. The summed E-state index contributed by atoms with van der Waals surface area (Å²) in [6.07, 6.45) is 0.847. The Hall–Kier alpha value is -1.69. The topological polar surface area (TPSA) is 86.2 Å². The highest BCUT2D eigenvalue weighted by Crippen LogP contribution is 2.17. The molecule has 0 aliphatic carbocycles. The van der Waals surface area contributed by atoms with E-state index in [9.17, 15) is 8.42 Å². The van der Waals surface area contributed by atoms with Gasteiger partial charge in [0.15, 0.2) is 0 Å². The van der Waals surface area contributed by atoms with Crippen LogP contribution in [-0.2, 0) is 9.84 Å². The van der Waals surface area contributed by atoms with Crippen molar-refractivity contribution in [3.05, 3.63) is 71.8 Å². The predicted octanol–water partition coefficient (Wildman–Crippen LogP) is 2.58.